The average molecular weight is 185 g/mol. The summed E-state index contributed by atoms with van der Waals surface area (Å²) in [4.78, 5) is 11.0. The van der Waals surface area contributed by atoms with Crippen LogP contribution in [0.5, 0.6) is 0 Å². The minimum Gasteiger partial charge on any atom is -0.380 e. The monoisotopic (exact) mass is 185 g/mol. The first kappa shape index (κ1) is 12.2. The summed E-state index contributed by atoms with van der Waals surface area (Å²) in [6, 6.07) is 0. The lowest BCUT2D eigenvalue weighted by molar-refractivity contribution is -0.117. The van der Waals surface area contributed by atoms with E-state index in [-0.39, 0.29) is 5.91 Å². The Kier molecular flexibility index (Phi) is 7.30. The third-order valence-electron chi connectivity index (χ3n) is 1.56. The van der Waals surface area contributed by atoms with Crippen LogP contribution in [0.1, 0.15) is 26.7 Å². The van der Waals surface area contributed by atoms with Crippen LogP contribution in [0, 0.1) is 0 Å². The largest absolute Gasteiger partial charge is 0.380 e. The fourth-order valence-corrected chi connectivity index (χ4v) is 0.736. The first-order chi connectivity index (χ1) is 6.18. The highest BCUT2D eigenvalue weighted by molar-refractivity contribution is 5.91. The molecular formula is C10H19NO2. The lowest BCUT2D eigenvalue weighted by Gasteiger charge is -2.05. The van der Waals surface area contributed by atoms with E-state index in [1.165, 1.54) is 0 Å². The molecule has 1 N–H and O–H groups in total. The zero-order valence-electron chi connectivity index (χ0n) is 8.56. The molecule has 0 aliphatic carbocycles. The van der Waals surface area contributed by atoms with E-state index < -0.39 is 0 Å². The molecule has 3 nitrogen and oxygen atoms in total. The minimum absolute atomic E-state index is 0.0981. The molecule has 0 aromatic carbocycles. The van der Waals surface area contributed by atoms with Gasteiger partial charge in [0.15, 0.2) is 0 Å². The van der Waals surface area contributed by atoms with E-state index in [9.17, 15) is 4.79 Å². The summed E-state index contributed by atoms with van der Waals surface area (Å²) < 4.78 is 5.26. The minimum atomic E-state index is -0.0981. The SMILES string of the molecule is C=C(C)C(=O)NCCOCCCC. The van der Waals surface area contributed by atoms with Gasteiger partial charge in [0.25, 0.3) is 0 Å². The van der Waals surface area contributed by atoms with Crippen LogP contribution in [-0.4, -0.2) is 25.7 Å². The summed E-state index contributed by atoms with van der Waals surface area (Å²) >= 11 is 0. The summed E-state index contributed by atoms with van der Waals surface area (Å²) in [6.45, 7) is 9.26. The van der Waals surface area contributed by atoms with Crippen LogP contribution in [0.15, 0.2) is 12.2 Å². The van der Waals surface area contributed by atoms with Crippen LogP contribution < -0.4 is 5.32 Å². The molecule has 0 unspecified atom stereocenters. The molecule has 0 aliphatic heterocycles. The predicted molar refractivity (Wildman–Crippen MR) is 53.6 cm³/mol. The van der Waals surface area contributed by atoms with Crippen molar-refractivity contribution in [3.05, 3.63) is 12.2 Å². The lowest BCUT2D eigenvalue weighted by Crippen LogP contribution is -2.27. The fourth-order valence-electron chi connectivity index (χ4n) is 0.736. The zero-order valence-corrected chi connectivity index (χ0v) is 8.56. The molecule has 0 spiro atoms. The Bertz CT molecular complexity index is 166. The Morgan fingerprint density at radius 2 is 2.15 bits per heavy atom. The van der Waals surface area contributed by atoms with Crippen LogP contribution in [0.3, 0.4) is 0 Å². The molecule has 0 aliphatic rings. The van der Waals surface area contributed by atoms with Crippen molar-refractivity contribution in [3.8, 4) is 0 Å². The number of hydrogen-bond donors (Lipinski definition) is 1. The molecule has 0 aromatic rings. The molecule has 0 radical (unpaired) electrons. The van der Waals surface area contributed by atoms with Gasteiger partial charge in [0.05, 0.1) is 6.61 Å². The van der Waals surface area contributed by atoms with E-state index in [4.69, 9.17) is 4.74 Å². The Morgan fingerprint density at radius 1 is 1.46 bits per heavy atom. The third-order valence-corrected chi connectivity index (χ3v) is 1.56. The van der Waals surface area contributed by atoms with Gasteiger partial charge in [-0.1, -0.05) is 19.9 Å². The number of rotatable bonds is 7. The maximum absolute atomic E-state index is 11.0. The van der Waals surface area contributed by atoms with Crippen molar-refractivity contribution in [2.24, 2.45) is 0 Å². The summed E-state index contributed by atoms with van der Waals surface area (Å²) in [5.74, 6) is -0.0981. The summed E-state index contributed by atoms with van der Waals surface area (Å²) in [5, 5.41) is 2.70. The molecule has 1 amide bonds. The van der Waals surface area contributed by atoms with Crippen molar-refractivity contribution in [1.29, 1.82) is 0 Å². The van der Waals surface area contributed by atoms with E-state index in [0.717, 1.165) is 19.4 Å². The average Bonchev–Trinajstić information content (AvgIpc) is 2.10. The van der Waals surface area contributed by atoms with Gasteiger partial charge in [0, 0.05) is 18.7 Å². The van der Waals surface area contributed by atoms with Gasteiger partial charge in [0.1, 0.15) is 0 Å². The molecule has 0 saturated carbocycles. The number of unbranched alkanes of at least 4 members (excludes halogenated alkanes) is 1. The van der Waals surface area contributed by atoms with E-state index >= 15 is 0 Å². The Hall–Kier alpha value is -0.830. The maximum atomic E-state index is 11.0. The standard InChI is InChI=1S/C10H19NO2/c1-4-5-7-13-8-6-11-10(12)9(2)3/h2,4-8H2,1,3H3,(H,11,12). The molecule has 0 aromatic heterocycles. The predicted octanol–water partition coefficient (Wildman–Crippen LogP) is 1.50. The summed E-state index contributed by atoms with van der Waals surface area (Å²) in [6.07, 6.45) is 2.21. The maximum Gasteiger partial charge on any atom is 0.246 e. The number of nitrogens with one attached hydrogen (secondary N) is 1. The Labute approximate surface area is 80.2 Å². The van der Waals surface area contributed by atoms with Gasteiger partial charge in [-0.25, -0.2) is 0 Å². The number of carbonyl (C=O) groups excluding carboxylic acids is 1. The van der Waals surface area contributed by atoms with E-state index in [1.54, 1.807) is 6.92 Å². The molecule has 0 heterocycles. The van der Waals surface area contributed by atoms with Crippen LogP contribution in [0.4, 0.5) is 0 Å². The van der Waals surface area contributed by atoms with Crippen LogP contribution in [0.25, 0.3) is 0 Å². The van der Waals surface area contributed by atoms with Crippen molar-refractivity contribution in [2.45, 2.75) is 26.7 Å². The van der Waals surface area contributed by atoms with Crippen molar-refractivity contribution < 1.29 is 9.53 Å². The number of hydrogen-bond acceptors (Lipinski definition) is 2. The van der Waals surface area contributed by atoms with Crippen molar-refractivity contribution in [1.82, 2.24) is 5.32 Å². The Balaban J connectivity index is 3.16. The van der Waals surface area contributed by atoms with Gasteiger partial charge in [0.2, 0.25) is 5.91 Å². The van der Waals surface area contributed by atoms with Gasteiger partial charge in [-0.15, -0.1) is 0 Å². The Morgan fingerprint density at radius 3 is 2.69 bits per heavy atom. The van der Waals surface area contributed by atoms with E-state index in [0.29, 0.717) is 18.7 Å². The third kappa shape index (κ3) is 7.53. The number of ether oxygens (including phenoxy) is 1. The van der Waals surface area contributed by atoms with E-state index in [1.807, 2.05) is 0 Å². The highest BCUT2D eigenvalue weighted by atomic mass is 16.5. The van der Waals surface area contributed by atoms with Crippen LogP contribution in [-0.2, 0) is 9.53 Å². The number of carbonyl (C=O) groups is 1. The molecular weight excluding hydrogens is 166 g/mol. The molecule has 13 heavy (non-hydrogen) atoms. The highest BCUT2D eigenvalue weighted by Crippen LogP contribution is 1.87. The van der Waals surface area contributed by atoms with Crippen molar-refractivity contribution in [3.63, 3.8) is 0 Å². The molecule has 0 rings (SSSR count). The second-order valence-corrected chi connectivity index (χ2v) is 3.00. The molecule has 76 valence electrons. The molecule has 0 fully saturated rings. The zero-order chi connectivity index (χ0) is 10.1. The number of amides is 1. The fraction of sp³-hybridized carbons (Fsp3) is 0.700. The van der Waals surface area contributed by atoms with Gasteiger partial charge in [-0.2, -0.15) is 0 Å². The van der Waals surface area contributed by atoms with Gasteiger partial charge >= 0.3 is 0 Å². The second kappa shape index (κ2) is 7.80. The first-order valence-electron chi connectivity index (χ1n) is 4.70. The van der Waals surface area contributed by atoms with Crippen molar-refractivity contribution in [2.75, 3.05) is 19.8 Å². The summed E-state index contributed by atoms with van der Waals surface area (Å²) in [5.41, 5.74) is 0.536. The normalized spacial score (nSPS) is 9.69. The first-order valence-corrected chi connectivity index (χ1v) is 4.70. The van der Waals surface area contributed by atoms with Crippen LogP contribution in [0.2, 0.25) is 0 Å². The second-order valence-electron chi connectivity index (χ2n) is 3.00. The lowest BCUT2D eigenvalue weighted by atomic mass is 10.3. The quantitative estimate of drug-likeness (QED) is 0.482. The molecule has 0 saturated heterocycles. The summed E-state index contributed by atoms with van der Waals surface area (Å²) in [7, 11) is 0. The molecule has 3 heteroatoms. The molecule has 0 atom stereocenters. The smallest absolute Gasteiger partial charge is 0.246 e. The van der Waals surface area contributed by atoms with Crippen LogP contribution >= 0.6 is 0 Å². The van der Waals surface area contributed by atoms with Gasteiger partial charge < -0.3 is 10.1 Å². The topological polar surface area (TPSA) is 38.3 Å². The molecule has 0 bridgehead atoms. The van der Waals surface area contributed by atoms with Gasteiger partial charge in [-0.3, -0.25) is 4.79 Å². The van der Waals surface area contributed by atoms with Crippen molar-refractivity contribution >= 4 is 5.91 Å². The highest BCUT2D eigenvalue weighted by Gasteiger charge is 1.98. The van der Waals surface area contributed by atoms with E-state index in [2.05, 4.69) is 18.8 Å². The van der Waals surface area contributed by atoms with Gasteiger partial charge in [-0.05, 0) is 13.3 Å².